The number of hydrogen-bond acceptors (Lipinski definition) is 4. The van der Waals surface area contributed by atoms with Gasteiger partial charge in [0, 0.05) is 31.9 Å². The van der Waals surface area contributed by atoms with E-state index in [0.717, 1.165) is 25.9 Å². The highest BCUT2D eigenvalue weighted by Gasteiger charge is 2.22. The average molecular weight is 435 g/mol. The summed E-state index contributed by atoms with van der Waals surface area (Å²) in [4.78, 5) is 18.0. The van der Waals surface area contributed by atoms with E-state index in [1.807, 2.05) is 43.4 Å². The fourth-order valence-corrected chi connectivity index (χ4v) is 2.78. The zero-order valence-electron chi connectivity index (χ0n) is 13.7. The fraction of sp³-hybridized carbons (Fsp3) is 0.625. The van der Waals surface area contributed by atoms with E-state index in [1.54, 1.807) is 6.20 Å². The van der Waals surface area contributed by atoms with Gasteiger partial charge in [-0.05, 0) is 62.1 Å². The maximum atomic E-state index is 13.6. The number of rotatable bonds is 3. The van der Waals surface area contributed by atoms with Crippen LogP contribution in [0.5, 0.6) is 0 Å². The Morgan fingerprint density at radius 2 is 2.13 bits per heavy atom. The quantitative estimate of drug-likeness (QED) is 0.738. The summed E-state index contributed by atoms with van der Waals surface area (Å²) in [7, 11) is 0. The Balaban J connectivity index is 1.77. The molecule has 1 fully saturated rings. The van der Waals surface area contributed by atoms with Gasteiger partial charge in [-0.15, -0.1) is 0 Å². The predicted molar refractivity (Wildman–Crippen MR) is 96.1 cm³/mol. The lowest BCUT2D eigenvalue weighted by Gasteiger charge is -2.33. The third-order valence-corrected chi connectivity index (χ3v) is 4.46. The molecule has 128 valence electrons. The first-order valence-corrected chi connectivity index (χ1v) is 8.85. The van der Waals surface area contributed by atoms with E-state index in [4.69, 9.17) is 4.74 Å². The molecule has 7 heteroatoms. The number of anilines is 1. The van der Waals surface area contributed by atoms with Crippen LogP contribution in [0.15, 0.2) is 12.3 Å². The number of ether oxygens (including phenoxy) is 1. The van der Waals surface area contributed by atoms with Gasteiger partial charge >= 0.3 is 6.09 Å². The molecule has 2 heterocycles. The van der Waals surface area contributed by atoms with E-state index in [-0.39, 0.29) is 11.9 Å². The summed E-state index contributed by atoms with van der Waals surface area (Å²) in [6, 6.07) is 1.49. The van der Waals surface area contributed by atoms with E-state index in [1.165, 1.54) is 6.07 Å². The number of hydrogen-bond donors (Lipinski definition) is 1. The minimum Gasteiger partial charge on any atom is -0.444 e. The second-order valence-electron chi connectivity index (χ2n) is 6.77. The Morgan fingerprint density at radius 3 is 2.70 bits per heavy atom. The van der Waals surface area contributed by atoms with Gasteiger partial charge in [0.2, 0.25) is 0 Å². The minimum atomic E-state index is -0.478. The molecule has 5 nitrogen and oxygen atoms in total. The fourth-order valence-electron chi connectivity index (χ4n) is 2.49. The van der Waals surface area contributed by atoms with Crippen molar-refractivity contribution in [2.24, 2.45) is 5.92 Å². The van der Waals surface area contributed by atoms with Crippen molar-refractivity contribution in [3.05, 3.63) is 21.7 Å². The Morgan fingerprint density at radius 1 is 1.48 bits per heavy atom. The lowest BCUT2D eigenvalue weighted by atomic mass is 9.97. The van der Waals surface area contributed by atoms with E-state index in [0.29, 0.717) is 21.9 Å². The second kappa shape index (κ2) is 7.63. The molecule has 1 N–H and O–H groups in total. The zero-order chi connectivity index (χ0) is 17.0. The highest BCUT2D eigenvalue weighted by molar-refractivity contribution is 14.1. The highest BCUT2D eigenvalue weighted by Crippen LogP contribution is 2.23. The van der Waals surface area contributed by atoms with Gasteiger partial charge in [0.05, 0.1) is 3.57 Å². The first-order valence-electron chi connectivity index (χ1n) is 7.77. The smallest absolute Gasteiger partial charge is 0.407 e. The summed E-state index contributed by atoms with van der Waals surface area (Å²) in [6.45, 7) is 7.77. The summed E-state index contributed by atoms with van der Waals surface area (Å²) in [5.41, 5.74) is -0.478. The zero-order valence-corrected chi connectivity index (χ0v) is 15.9. The molecule has 1 amide bonds. The van der Waals surface area contributed by atoms with Crippen molar-refractivity contribution in [3.8, 4) is 0 Å². The van der Waals surface area contributed by atoms with Gasteiger partial charge in [-0.2, -0.15) is 0 Å². The van der Waals surface area contributed by atoms with Gasteiger partial charge < -0.3 is 15.0 Å². The minimum absolute atomic E-state index is 0.232. The number of halogens is 2. The van der Waals surface area contributed by atoms with Crippen molar-refractivity contribution in [2.45, 2.75) is 39.2 Å². The second-order valence-corrected chi connectivity index (χ2v) is 7.93. The van der Waals surface area contributed by atoms with Crippen LogP contribution in [-0.4, -0.2) is 36.3 Å². The number of pyridine rings is 1. The number of piperidine rings is 1. The van der Waals surface area contributed by atoms with E-state index in [2.05, 4.69) is 15.2 Å². The molecule has 23 heavy (non-hydrogen) atoms. The van der Waals surface area contributed by atoms with Crippen LogP contribution in [0.3, 0.4) is 0 Å². The number of alkyl carbamates (subject to hydrolysis) is 1. The first-order chi connectivity index (χ1) is 10.7. The molecule has 0 radical (unpaired) electrons. The molecule has 0 aliphatic carbocycles. The number of carbonyl (C=O) groups excluding carboxylic acids is 1. The van der Waals surface area contributed by atoms with Gasteiger partial charge in [-0.1, -0.05) is 0 Å². The van der Waals surface area contributed by atoms with Crippen LogP contribution in [0, 0.1) is 15.3 Å². The predicted octanol–water partition coefficient (Wildman–Crippen LogP) is 3.57. The standard InChI is InChI=1S/C16H23FIN3O2/c1-16(2,3)23-15(22)20-9-11-4-6-21(7-5-11)14-8-12(17)13(18)10-19-14/h8,10-11H,4-7,9H2,1-3H3,(H,20,22). The monoisotopic (exact) mass is 435 g/mol. The van der Waals surface area contributed by atoms with Gasteiger partial charge in [0.25, 0.3) is 0 Å². The Kier molecular flexibility index (Phi) is 6.05. The molecule has 0 saturated carbocycles. The Hall–Kier alpha value is -1.12. The number of amides is 1. The lowest BCUT2D eigenvalue weighted by molar-refractivity contribution is 0.0517. The molecule has 0 spiro atoms. The van der Waals surface area contributed by atoms with Crippen molar-refractivity contribution in [1.82, 2.24) is 10.3 Å². The lowest BCUT2D eigenvalue weighted by Crippen LogP contribution is -2.40. The molecule has 1 saturated heterocycles. The Bertz CT molecular complexity index is 555. The maximum Gasteiger partial charge on any atom is 0.407 e. The third-order valence-electron chi connectivity index (χ3n) is 3.67. The first kappa shape index (κ1) is 18.2. The summed E-state index contributed by atoms with van der Waals surface area (Å²) in [5.74, 6) is 0.859. The summed E-state index contributed by atoms with van der Waals surface area (Å²) in [6.07, 6.45) is 3.05. The number of nitrogens with one attached hydrogen (secondary N) is 1. The largest absolute Gasteiger partial charge is 0.444 e. The molecule has 0 bridgehead atoms. The van der Waals surface area contributed by atoms with Gasteiger partial charge in [0.1, 0.15) is 17.2 Å². The topological polar surface area (TPSA) is 54.5 Å². The summed E-state index contributed by atoms with van der Waals surface area (Å²) < 4.78 is 19.4. The van der Waals surface area contributed by atoms with Crippen LogP contribution < -0.4 is 10.2 Å². The SMILES string of the molecule is CC(C)(C)OC(=O)NCC1CCN(c2cc(F)c(I)cn2)CC1. The molecule has 0 atom stereocenters. The number of carbonyl (C=O) groups is 1. The van der Waals surface area contributed by atoms with Crippen LogP contribution in [0.1, 0.15) is 33.6 Å². The summed E-state index contributed by atoms with van der Waals surface area (Å²) >= 11 is 1.93. The van der Waals surface area contributed by atoms with Gasteiger partial charge in [0.15, 0.2) is 0 Å². The molecule has 0 unspecified atom stereocenters. The van der Waals surface area contributed by atoms with E-state index in [9.17, 15) is 9.18 Å². The van der Waals surface area contributed by atoms with Crippen molar-refractivity contribution in [1.29, 1.82) is 0 Å². The molecular formula is C16H23FIN3O2. The molecular weight excluding hydrogens is 412 g/mol. The number of nitrogens with zero attached hydrogens (tertiary/aromatic N) is 2. The normalized spacial score (nSPS) is 16.3. The van der Waals surface area contributed by atoms with Crippen LogP contribution >= 0.6 is 22.6 Å². The maximum absolute atomic E-state index is 13.6. The molecule has 1 aliphatic rings. The van der Waals surface area contributed by atoms with Crippen molar-refractivity contribution in [3.63, 3.8) is 0 Å². The summed E-state index contributed by atoms with van der Waals surface area (Å²) in [5, 5.41) is 2.82. The molecule has 2 rings (SSSR count). The van der Waals surface area contributed by atoms with Crippen molar-refractivity contribution in [2.75, 3.05) is 24.5 Å². The molecule has 1 aliphatic heterocycles. The van der Waals surface area contributed by atoms with Gasteiger partial charge in [-0.25, -0.2) is 14.2 Å². The van der Waals surface area contributed by atoms with E-state index < -0.39 is 5.60 Å². The third kappa shape index (κ3) is 5.78. The van der Waals surface area contributed by atoms with Gasteiger partial charge in [-0.3, -0.25) is 0 Å². The van der Waals surface area contributed by atoms with Crippen LogP contribution in [0.25, 0.3) is 0 Å². The van der Waals surface area contributed by atoms with Crippen LogP contribution in [0.4, 0.5) is 15.0 Å². The molecule has 1 aromatic rings. The average Bonchev–Trinajstić information content (AvgIpc) is 2.47. The Labute approximate surface area is 150 Å². The molecule has 0 aromatic carbocycles. The molecule has 1 aromatic heterocycles. The van der Waals surface area contributed by atoms with Crippen molar-refractivity contribution < 1.29 is 13.9 Å². The van der Waals surface area contributed by atoms with Crippen LogP contribution in [-0.2, 0) is 4.74 Å². The highest BCUT2D eigenvalue weighted by atomic mass is 127. The van der Waals surface area contributed by atoms with Crippen molar-refractivity contribution >= 4 is 34.5 Å². The van der Waals surface area contributed by atoms with E-state index >= 15 is 0 Å². The van der Waals surface area contributed by atoms with Crippen LogP contribution in [0.2, 0.25) is 0 Å². The number of aromatic nitrogens is 1.